The third kappa shape index (κ3) is 5.85. The van der Waals surface area contributed by atoms with Gasteiger partial charge in [0.05, 0.1) is 0 Å². The SMILES string of the molecule is CC(C)CCc1cccc(CC(C)Cc2ccc(Cl)cc2)c1. The molecule has 0 aliphatic carbocycles. The Kier molecular flexibility index (Phi) is 6.51. The van der Waals surface area contributed by atoms with E-state index in [4.69, 9.17) is 11.6 Å². The summed E-state index contributed by atoms with van der Waals surface area (Å²) in [5, 5.41) is 0.814. The molecule has 118 valence electrons. The van der Waals surface area contributed by atoms with E-state index in [9.17, 15) is 0 Å². The molecule has 0 aromatic heterocycles. The molecule has 0 aliphatic rings. The predicted octanol–water partition coefficient (Wildman–Crippen LogP) is 6.35. The minimum Gasteiger partial charge on any atom is -0.0843 e. The zero-order valence-corrected chi connectivity index (χ0v) is 14.7. The van der Waals surface area contributed by atoms with Gasteiger partial charge in [-0.05, 0) is 66.3 Å². The van der Waals surface area contributed by atoms with Crippen LogP contribution in [0.25, 0.3) is 0 Å². The van der Waals surface area contributed by atoms with Gasteiger partial charge in [0.15, 0.2) is 0 Å². The average molecular weight is 315 g/mol. The maximum atomic E-state index is 5.95. The second-order valence-corrected chi connectivity index (χ2v) is 7.33. The van der Waals surface area contributed by atoms with Crippen molar-refractivity contribution in [3.8, 4) is 0 Å². The summed E-state index contributed by atoms with van der Waals surface area (Å²) in [6.07, 6.45) is 4.70. The average Bonchev–Trinajstić information content (AvgIpc) is 2.48. The van der Waals surface area contributed by atoms with Gasteiger partial charge < -0.3 is 0 Å². The molecule has 0 saturated heterocycles. The molecule has 2 aromatic carbocycles. The molecule has 0 fully saturated rings. The first-order valence-corrected chi connectivity index (χ1v) is 8.73. The van der Waals surface area contributed by atoms with Gasteiger partial charge in [0.25, 0.3) is 0 Å². The molecule has 0 heterocycles. The summed E-state index contributed by atoms with van der Waals surface area (Å²) in [4.78, 5) is 0. The molecular weight excluding hydrogens is 288 g/mol. The highest BCUT2D eigenvalue weighted by atomic mass is 35.5. The molecule has 0 N–H and O–H groups in total. The van der Waals surface area contributed by atoms with Crippen molar-refractivity contribution >= 4 is 11.6 Å². The maximum absolute atomic E-state index is 5.95. The molecular formula is C21H27Cl. The first-order valence-electron chi connectivity index (χ1n) is 8.35. The molecule has 2 rings (SSSR count). The van der Waals surface area contributed by atoms with Crippen LogP contribution in [-0.2, 0) is 19.3 Å². The van der Waals surface area contributed by atoms with Gasteiger partial charge in [0.1, 0.15) is 0 Å². The highest BCUT2D eigenvalue weighted by molar-refractivity contribution is 6.30. The summed E-state index contributed by atoms with van der Waals surface area (Å²) in [6.45, 7) is 6.91. The van der Waals surface area contributed by atoms with Crippen LogP contribution in [0.4, 0.5) is 0 Å². The Morgan fingerprint density at radius 2 is 1.45 bits per heavy atom. The highest BCUT2D eigenvalue weighted by Crippen LogP contribution is 2.18. The van der Waals surface area contributed by atoms with Crippen LogP contribution in [0, 0.1) is 11.8 Å². The van der Waals surface area contributed by atoms with Crippen LogP contribution in [0.1, 0.15) is 43.9 Å². The minimum atomic E-state index is 0.640. The normalized spacial score (nSPS) is 12.6. The number of hydrogen-bond donors (Lipinski definition) is 0. The lowest BCUT2D eigenvalue weighted by molar-refractivity contribution is 0.573. The third-order valence-electron chi connectivity index (χ3n) is 4.08. The number of halogens is 1. The summed E-state index contributed by atoms with van der Waals surface area (Å²) in [7, 11) is 0. The van der Waals surface area contributed by atoms with Crippen molar-refractivity contribution in [1.29, 1.82) is 0 Å². The van der Waals surface area contributed by atoms with Crippen LogP contribution in [-0.4, -0.2) is 0 Å². The van der Waals surface area contributed by atoms with Gasteiger partial charge in [0.2, 0.25) is 0 Å². The smallest absolute Gasteiger partial charge is 0.0406 e. The van der Waals surface area contributed by atoms with Gasteiger partial charge in [-0.25, -0.2) is 0 Å². The van der Waals surface area contributed by atoms with Crippen molar-refractivity contribution in [1.82, 2.24) is 0 Å². The molecule has 0 spiro atoms. The molecule has 0 radical (unpaired) electrons. The van der Waals surface area contributed by atoms with Crippen LogP contribution in [0.3, 0.4) is 0 Å². The molecule has 0 bridgehead atoms. The fourth-order valence-electron chi connectivity index (χ4n) is 2.86. The van der Waals surface area contributed by atoms with E-state index in [0.29, 0.717) is 5.92 Å². The highest BCUT2D eigenvalue weighted by Gasteiger charge is 2.06. The molecule has 1 unspecified atom stereocenters. The van der Waals surface area contributed by atoms with E-state index in [1.807, 2.05) is 12.1 Å². The summed E-state index contributed by atoms with van der Waals surface area (Å²) in [5.74, 6) is 1.41. The second kappa shape index (κ2) is 8.39. The predicted molar refractivity (Wildman–Crippen MR) is 97.6 cm³/mol. The Morgan fingerprint density at radius 3 is 2.14 bits per heavy atom. The van der Waals surface area contributed by atoms with Crippen molar-refractivity contribution in [2.75, 3.05) is 0 Å². The largest absolute Gasteiger partial charge is 0.0843 e. The van der Waals surface area contributed by atoms with Gasteiger partial charge in [-0.1, -0.05) is 68.8 Å². The van der Waals surface area contributed by atoms with Gasteiger partial charge in [-0.15, -0.1) is 0 Å². The van der Waals surface area contributed by atoms with Gasteiger partial charge in [0, 0.05) is 5.02 Å². The fourth-order valence-corrected chi connectivity index (χ4v) is 2.99. The van der Waals surface area contributed by atoms with Crippen LogP contribution in [0.5, 0.6) is 0 Å². The fraction of sp³-hybridized carbons (Fsp3) is 0.429. The van der Waals surface area contributed by atoms with Crippen LogP contribution in [0.2, 0.25) is 5.02 Å². The van der Waals surface area contributed by atoms with Crippen LogP contribution < -0.4 is 0 Å². The van der Waals surface area contributed by atoms with Crippen molar-refractivity contribution in [2.45, 2.75) is 46.5 Å². The molecule has 1 heteroatoms. The molecule has 22 heavy (non-hydrogen) atoms. The monoisotopic (exact) mass is 314 g/mol. The first kappa shape index (κ1) is 17.1. The standard InChI is InChI=1S/C21H27Cl/c1-16(2)7-8-18-5-4-6-20(15-18)14-17(3)13-19-9-11-21(22)12-10-19/h4-6,9-12,15-17H,7-8,13-14H2,1-3H3. The first-order chi connectivity index (χ1) is 10.5. The Hall–Kier alpha value is -1.27. The molecule has 0 aliphatic heterocycles. The molecule has 0 nitrogen and oxygen atoms in total. The van der Waals surface area contributed by atoms with E-state index < -0.39 is 0 Å². The van der Waals surface area contributed by atoms with Gasteiger partial charge in [-0.3, -0.25) is 0 Å². The van der Waals surface area contributed by atoms with E-state index in [0.717, 1.165) is 23.8 Å². The van der Waals surface area contributed by atoms with Gasteiger partial charge in [-0.2, -0.15) is 0 Å². The lowest BCUT2D eigenvalue weighted by atomic mass is 9.92. The minimum absolute atomic E-state index is 0.640. The zero-order chi connectivity index (χ0) is 15.9. The van der Waals surface area contributed by atoms with Crippen molar-refractivity contribution < 1.29 is 0 Å². The van der Waals surface area contributed by atoms with Crippen molar-refractivity contribution in [2.24, 2.45) is 11.8 Å². The zero-order valence-electron chi connectivity index (χ0n) is 14.0. The summed E-state index contributed by atoms with van der Waals surface area (Å²) in [5.41, 5.74) is 4.31. The van der Waals surface area contributed by atoms with Crippen molar-refractivity contribution in [3.63, 3.8) is 0 Å². The summed E-state index contributed by atoms with van der Waals surface area (Å²) in [6, 6.07) is 17.4. The van der Waals surface area contributed by atoms with E-state index >= 15 is 0 Å². The number of hydrogen-bond acceptors (Lipinski definition) is 0. The Morgan fingerprint density at radius 1 is 0.818 bits per heavy atom. The second-order valence-electron chi connectivity index (χ2n) is 6.89. The summed E-state index contributed by atoms with van der Waals surface area (Å²) >= 11 is 5.95. The molecule has 1 atom stereocenters. The van der Waals surface area contributed by atoms with E-state index in [2.05, 4.69) is 57.2 Å². The van der Waals surface area contributed by atoms with Crippen molar-refractivity contribution in [3.05, 3.63) is 70.2 Å². The number of benzene rings is 2. The van der Waals surface area contributed by atoms with E-state index in [1.54, 1.807) is 0 Å². The molecule has 0 amide bonds. The van der Waals surface area contributed by atoms with E-state index in [-0.39, 0.29) is 0 Å². The molecule has 0 saturated carbocycles. The quantitative estimate of drug-likeness (QED) is 0.558. The topological polar surface area (TPSA) is 0 Å². The van der Waals surface area contributed by atoms with Crippen LogP contribution in [0.15, 0.2) is 48.5 Å². The Labute approximate surface area is 140 Å². The van der Waals surface area contributed by atoms with E-state index in [1.165, 1.54) is 29.5 Å². The third-order valence-corrected chi connectivity index (χ3v) is 4.34. The Bertz CT molecular complexity index is 569. The number of rotatable bonds is 7. The number of aryl methyl sites for hydroxylation is 1. The summed E-state index contributed by atoms with van der Waals surface area (Å²) < 4.78 is 0. The van der Waals surface area contributed by atoms with Crippen LogP contribution >= 0.6 is 11.6 Å². The Balaban J connectivity index is 1.91. The maximum Gasteiger partial charge on any atom is 0.0406 e. The molecule has 2 aromatic rings. The lowest BCUT2D eigenvalue weighted by Crippen LogP contribution is -2.04. The van der Waals surface area contributed by atoms with Gasteiger partial charge >= 0.3 is 0 Å². The lowest BCUT2D eigenvalue weighted by Gasteiger charge is -2.13.